The minimum absolute atomic E-state index is 0.0913. The van der Waals surface area contributed by atoms with E-state index in [9.17, 15) is 9.90 Å². The lowest BCUT2D eigenvalue weighted by molar-refractivity contribution is 0.475. The van der Waals surface area contributed by atoms with Crippen LogP contribution < -0.4 is 5.43 Å². The Morgan fingerprint density at radius 3 is 2.35 bits per heavy atom. The molecule has 0 amide bonds. The van der Waals surface area contributed by atoms with Gasteiger partial charge in [-0.2, -0.15) is 0 Å². The van der Waals surface area contributed by atoms with Crippen LogP contribution in [0.15, 0.2) is 76.1 Å². The van der Waals surface area contributed by atoms with Gasteiger partial charge in [-0.3, -0.25) is 4.79 Å². The Labute approximate surface area is 131 Å². The molecule has 0 aliphatic carbocycles. The SMILES string of the molecule is O=c1cc[nH]c2oc(-c3ccc(O)cc3)c(-c3ccccc3)c12. The van der Waals surface area contributed by atoms with Crippen molar-refractivity contribution < 1.29 is 9.52 Å². The van der Waals surface area contributed by atoms with E-state index in [-0.39, 0.29) is 11.2 Å². The molecule has 0 saturated carbocycles. The summed E-state index contributed by atoms with van der Waals surface area (Å²) in [6, 6.07) is 17.9. The van der Waals surface area contributed by atoms with Crippen LogP contribution in [0.2, 0.25) is 0 Å². The number of H-pyrrole nitrogens is 1. The topological polar surface area (TPSA) is 66.2 Å². The fraction of sp³-hybridized carbons (Fsp3) is 0. The normalized spacial score (nSPS) is 11.0. The number of aromatic hydroxyl groups is 1. The number of benzene rings is 2. The molecular weight excluding hydrogens is 290 g/mol. The maximum Gasteiger partial charge on any atom is 0.209 e. The summed E-state index contributed by atoms with van der Waals surface area (Å²) in [5.41, 5.74) is 2.82. The summed E-state index contributed by atoms with van der Waals surface area (Å²) in [5, 5.41) is 10.0. The molecule has 4 aromatic rings. The Hall–Kier alpha value is -3.27. The van der Waals surface area contributed by atoms with Crippen molar-refractivity contribution in [3.8, 4) is 28.2 Å². The average Bonchev–Trinajstić information content (AvgIpc) is 2.97. The third kappa shape index (κ3) is 2.21. The monoisotopic (exact) mass is 303 g/mol. The second-order valence-corrected chi connectivity index (χ2v) is 5.27. The highest BCUT2D eigenvalue weighted by atomic mass is 16.3. The summed E-state index contributed by atoms with van der Waals surface area (Å²) in [4.78, 5) is 15.3. The Morgan fingerprint density at radius 1 is 0.870 bits per heavy atom. The van der Waals surface area contributed by atoms with Gasteiger partial charge >= 0.3 is 0 Å². The van der Waals surface area contributed by atoms with Gasteiger partial charge in [0.25, 0.3) is 0 Å². The quantitative estimate of drug-likeness (QED) is 0.584. The Kier molecular flexibility index (Phi) is 3.01. The fourth-order valence-corrected chi connectivity index (χ4v) is 2.74. The lowest BCUT2D eigenvalue weighted by Crippen LogP contribution is -1.99. The van der Waals surface area contributed by atoms with Gasteiger partial charge in [0.1, 0.15) is 11.5 Å². The molecule has 0 unspecified atom stereocenters. The molecule has 2 aromatic heterocycles. The van der Waals surface area contributed by atoms with Crippen molar-refractivity contribution in [2.24, 2.45) is 0 Å². The van der Waals surface area contributed by atoms with E-state index in [1.807, 2.05) is 30.3 Å². The number of fused-ring (bicyclic) bond motifs is 1. The lowest BCUT2D eigenvalue weighted by Gasteiger charge is -2.03. The number of nitrogens with one attached hydrogen (secondary N) is 1. The van der Waals surface area contributed by atoms with Crippen LogP contribution in [-0.2, 0) is 0 Å². The summed E-state index contributed by atoms with van der Waals surface area (Å²) >= 11 is 0. The number of phenols is 1. The molecular formula is C19H13NO3. The minimum atomic E-state index is -0.0913. The van der Waals surface area contributed by atoms with Gasteiger partial charge in [-0.25, -0.2) is 0 Å². The number of hydrogen-bond acceptors (Lipinski definition) is 3. The first-order valence-corrected chi connectivity index (χ1v) is 7.23. The highest BCUT2D eigenvalue weighted by Gasteiger charge is 2.19. The van der Waals surface area contributed by atoms with Crippen molar-refractivity contribution in [2.45, 2.75) is 0 Å². The molecule has 0 saturated heterocycles. The number of aromatic amines is 1. The molecule has 0 aliphatic heterocycles. The summed E-state index contributed by atoms with van der Waals surface area (Å²) in [5.74, 6) is 0.785. The molecule has 0 atom stereocenters. The van der Waals surface area contributed by atoms with Gasteiger partial charge in [0, 0.05) is 23.4 Å². The van der Waals surface area contributed by atoms with Crippen molar-refractivity contribution in [1.82, 2.24) is 4.98 Å². The van der Waals surface area contributed by atoms with Crippen LogP contribution in [0.3, 0.4) is 0 Å². The number of aromatic nitrogens is 1. The van der Waals surface area contributed by atoms with Crippen molar-refractivity contribution in [1.29, 1.82) is 0 Å². The molecule has 23 heavy (non-hydrogen) atoms. The molecule has 0 aliphatic rings. The van der Waals surface area contributed by atoms with E-state index in [1.54, 1.807) is 30.5 Å². The average molecular weight is 303 g/mol. The van der Waals surface area contributed by atoms with Gasteiger partial charge in [0.05, 0.1) is 5.39 Å². The van der Waals surface area contributed by atoms with E-state index in [0.29, 0.717) is 16.9 Å². The first-order valence-electron chi connectivity index (χ1n) is 7.23. The van der Waals surface area contributed by atoms with E-state index in [1.165, 1.54) is 6.07 Å². The van der Waals surface area contributed by atoms with Crippen LogP contribution in [0.4, 0.5) is 0 Å². The highest BCUT2D eigenvalue weighted by molar-refractivity contribution is 6.00. The van der Waals surface area contributed by atoms with Crippen LogP contribution >= 0.6 is 0 Å². The van der Waals surface area contributed by atoms with Gasteiger partial charge in [-0.1, -0.05) is 30.3 Å². The molecule has 0 spiro atoms. The number of pyridine rings is 1. The third-order valence-corrected chi connectivity index (χ3v) is 3.80. The van der Waals surface area contributed by atoms with Gasteiger partial charge in [-0.05, 0) is 29.8 Å². The lowest BCUT2D eigenvalue weighted by atomic mass is 9.99. The molecule has 0 radical (unpaired) electrons. The molecule has 4 rings (SSSR count). The van der Waals surface area contributed by atoms with E-state index in [2.05, 4.69) is 4.98 Å². The van der Waals surface area contributed by atoms with Crippen molar-refractivity contribution in [3.63, 3.8) is 0 Å². The van der Waals surface area contributed by atoms with Crippen LogP contribution in [0.1, 0.15) is 0 Å². The third-order valence-electron chi connectivity index (χ3n) is 3.80. The molecule has 4 heteroatoms. The van der Waals surface area contributed by atoms with Gasteiger partial charge < -0.3 is 14.5 Å². The Morgan fingerprint density at radius 2 is 1.61 bits per heavy atom. The first kappa shape index (κ1) is 13.4. The fourth-order valence-electron chi connectivity index (χ4n) is 2.74. The zero-order valence-electron chi connectivity index (χ0n) is 12.1. The second kappa shape index (κ2) is 5.18. The highest BCUT2D eigenvalue weighted by Crippen LogP contribution is 2.38. The minimum Gasteiger partial charge on any atom is -0.508 e. The van der Waals surface area contributed by atoms with Crippen molar-refractivity contribution in [2.75, 3.05) is 0 Å². The maximum atomic E-state index is 12.4. The Bertz CT molecular complexity index is 1030. The number of rotatable bonds is 2. The van der Waals surface area contributed by atoms with Crippen molar-refractivity contribution >= 4 is 11.1 Å². The molecule has 2 N–H and O–H groups in total. The molecule has 112 valence electrons. The van der Waals surface area contributed by atoms with E-state index >= 15 is 0 Å². The van der Waals surface area contributed by atoms with E-state index in [0.717, 1.165) is 16.7 Å². The summed E-state index contributed by atoms with van der Waals surface area (Å²) in [6.07, 6.45) is 1.57. The number of hydrogen-bond donors (Lipinski definition) is 2. The standard InChI is InChI=1S/C19H13NO3/c21-14-8-6-13(7-9-14)18-16(12-4-2-1-3-5-12)17-15(22)10-11-20-19(17)23-18/h1-11,21H,(H,20,22). The molecule has 0 bridgehead atoms. The van der Waals surface area contributed by atoms with E-state index < -0.39 is 0 Å². The first-order chi connectivity index (χ1) is 11.2. The number of furan rings is 1. The Balaban J connectivity index is 2.10. The number of phenolic OH excluding ortho intramolecular Hbond substituents is 1. The summed E-state index contributed by atoms with van der Waals surface area (Å²) < 4.78 is 5.92. The van der Waals surface area contributed by atoms with Gasteiger partial charge in [0.15, 0.2) is 5.43 Å². The smallest absolute Gasteiger partial charge is 0.209 e. The van der Waals surface area contributed by atoms with Gasteiger partial charge in [0.2, 0.25) is 5.71 Å². The molecule has 2 aromatic carbocycles. The predicted octanol–water partition coefficient (Wildman–Crippen LogP) is 4.16. The van der Waals surface area contributed by atoms with E-state index in [4.69, 9.17) is 4.42 Å². The van der Waals surface area contributed by atoms with Gasteiger partial charge in [-0.15, -0.1) is 0 Å². The second-order valence-electron chi connectivity index (χ2n) is 5.27. The largest absolute Gasteiger partial charge is 0.508 e. The van der Waals surface area contributed by atoms with Crippen LogP contribution in [0.5, 0.6) is 5.75 Å². The van der Waals surface area contributed by atoms with Crippen molar-refractivity contribution in [3.05, 3.63) is 77.1 Å². The van der Waals surface area contributed by atoms with Crippen LogP contribution in [-0.4, -0.2) is 10.1 Å². The zero-order chi connectivity index (χ0) is 15.8. The molecule has 4 nitrogen and oxygen atoms in total. The zero-order valence-corrected chi connectivity index (χ0v) is 12.1. The summed E-state index contributed by atoms with van der Waals surface area (Å²) in [6.45, 7) is 0. The van der Waals surface area contributed by atoms with Crippen LogP contribution in [0, 0.1) is 0 Å². The summed E-state index contributed by atoms with van der Waals surface area (Å²) in [7, 11) is 0. The maximum absolute atomic E-state index is 12.4. The molecule has 0 fully saturated rings. The molecule has 2 heterocycles. The predicted molar refractivity (Wildman–Crippen MR) is 89.4 cm³/mol. The van der Waals surface area contributed by atoms with Crippen LogP contribution in [0.25, 0.3) is 33.6 Å².